The third kappa shape index (κ3) is 5.54. The smallest absolute Gasteiger partial charge is 0.337 e. The van der Waals surface area contributed by atoms with Gasteiger partial charge in [-0.25, -0.2) is 14.0 Å². The standard InChI is InChI=1S/C22H25FN2O4/c1-28-21(26)18-7-8-19(20(23)15-18)16-25(10-9-17-5-3-2-4-6-17)22(27)24-11-13-29-14-12-24/h2-8,15H,9-14,16H2,1H3. The number of urea groups is 1. The number of hydrogen-bond donors (Lipinski definition) is 0. The average molecular weight is 400 g/mol. The van der Waals surface area contributed by atoms with Gasteiger partial charge in [-0.1, -0.05) is 36.4 Å². The van der Waals surface area contributed by atoms with Crippen LogP contribution in [0.3, 0.4) is 0 Å². The van der Waals surface area contributed by atoms with Crippen molar-refractivity contribution in [2.45, 2.75) is 13.0 Å². The van der Waals surface area contributed by atoms with Crippen LogP contribution in [0.5, 0.6) is 0 Å². The molecule has 1 aliphatic heterocycles. The quantitative estimate of drug-likeness (QED) is 0.699. The van der Waals surface area contributed by atoms with Gasteiger partial charge in [0, 0.05) is 25.2 Å². The zero-order valence-corrected chi connectivity index (χ0v) is 16.5. The Labute approximate surface area is 169 Å². The first-order valence-corrected chi connectivity index (χ1v) is 9.60. The Kier molecular flexibility index (Phi) is 7.19. The first-order chi connectivity index (χ1) is 14.1. The van der Waals surface area contributed by atoms with Crippen molar-refractivity contribution in [2.75, 3.05) is 40.0 Å². The summed E-state index contributed by atoms with van der Waals surface area (Å²) in [6, 6.07) is 13.9. The zero-order chi connectivity index (χ0) is 20.6. The minimum atomic E-state index is -0.597. The maximum atomic E-state index is 14.6. The van der Waals surface area contributed by atoms with Crippen LogP contribution in [-0.4, -0.2) is 61.8 Å². The molecule has 0 saturated carbocycles. The molecule has 0 atom stereocenters. The van der Waals surface area contributed by atoms with Crippen LogP contribution in [0.2, 0.25) is 0 Å². The molecule has 0 aromatic heterocycles. The van der Waals surface area contributed by atoms with Gasteiger partial charge in [0.2, 0.25) is 0 Å². The van der Waals surface area contributed by atoms with Crippen molar-refractivity contribution in [1.82, 2.24) is 9.80 Å². The highest BCUT2D eigenvalue weighted by Crippen LogP contribution is 2.16. The van der Waals surface area contributed by atoms with E-state index in [0.29, 0.717) is 44.8 Å². The molecule has 0 spiro atoms. The Morgan fingerprint density at radius 3 is 2.52 bits per heavy atom. The Hall–Kier alpha value is -2.93. The van der Waals surface area contributed by atoms with Crippen molar-refractivity contribution in [3.63, 3.8) is 0 Å². The molecule has 6 nitrogen and oxygen atoms in total. The molecule has 0 unspecified atom stereocenters. The molecule has 29 heavy (non-hydrogen) atoms. The Morgan fingerprint density at radius 2 is 1.86 bits per heavy atom. The number of benzene rings is 2. The number of rotatable bonds is 6. The monoisotopic (exact) mass is 400 g/mol. The number of esters is 1. The Morgan fingerprint density at radius 1 is 1.14 bits per heavy atom. The first-order valence-electron chi connectivity index (χ1n) is 9.60. The first kappa shape index (κ1) is 20.8. The van der Waals surface area contributed by atoms with Gasteiger partial charge >= 0.3 is 12.0 Å². The fourth-order valence-electron chi connectivity index (χ4n) is 3.23. The van der Waals surface area contributed by atoms with Crippen LogP contribution >= 0.6 is 0 Å². The minimum Gasteiger partial charge on any atom is -0.465 e. The predicted octanol–water partition coefficient (Wildman–Crippen LogP) is 3.11. The van der Waals surface area contributed by atoms with Gasteiger partial charge in [0.1, 0.15) is 5.82 Å². The van der Waals surface area contributed by atoms with E-state index >= 15 is 0 Å². The van der Waals surface area contributed by atoms with E-state index in [9.17, 15) is 14.0 Å². The van der Waals surface area contributed by atoms with E-state index in [-0.39, 0.29) is 18.1 Å². The van der Waals surface area contributed by atoms with Crippen LogP contribution in [0.25, 0.3) is 0 Å². The summed E-state index contributed by atoms with van der Waals surface area (Å²) in [6.07, 6.45) is 0.665. The number of methoxy groups -OCH3 is 1. The van der Waals surface area contributed by atoms with E-state index < -0.39 is 11.8 Å². The fraction of sp³-hybridized carbons (Fsp3) is 0.364. The lowest BCUT2D eigenvalue weighted by Gasteiger charge is -2.33. The van der Waals surface area contributed by atoms with Gasteiger partial charge in [-0.05, 0) is 24.1 Å². The highest BCUT2D eigenvalue weighted by atomic mass is 19.1. The normalized spacial score (nSPS) is 13.8. The maximum absolute atomic E-state index is 14.6. The van der Waals surface area contributed by atoms with Gasteiger partial charge in [0.15, 0.2) is 0 Å². The van der Waals surface area contributed by atoms with Crippen LogP contribution in [0, 0.1) is 5.82 Å². The number of carbonyl (C=O) groups excluding carboxylic acids is 2. The van der Waals surface area contributed by atoms with Gasteiger partial charge in [-0.2, -0.15) is 0 Å². The van der Waals surface area contributed by atoms with Gasteiger partial charge in [-0.3, -0.25) is 0 Å². The SMILES string of the molecule is COC(=O)c1ccc(CN(CCc2ccccc2)C(=O)N2CCOCC2)c(F)c1. The summed E-state index contributed by atoms with van der Waals surface area (Å²) >= 11 is 0. The van der Waals surface area contributed by atoms with E-state index in [1.807, 2.05) is 30.3 Å². The second-order valence-electron chi connectivity index (χ2n) is 6.84. The van der Waals surface area contributed by atoms with Crippen LogP contribution in [-0.2, 0) is 22.4 Å². The number of hydrogen-bond acceptors (Lipinski definition) is 4. The molecule has 1 aliphatic rings. The van der Waals surface area contributed by atoms with Crippen molar-refractivity contribution in [1.29, 1.82) is 0 Å². The highest BCUT2D eigenvalue weighted by molar-refractivity contribution is 5.89. The van der Waals surface area contributed by atoms with Gasteiger partial charge in [-0.15, -0.1) is 0 Å². The van der Waals surface area contributed by atoms with Crippen molar-refractivity contribution in [2.24, 2.45) is 0 Å². The number of nitrogens with zero attached hydrogens (tertiary/aromatic N) is 2. The van der Waals surface area contributed by atoms with Gasteiger partial charge < -0.3 is 19.3 Å². The maximum Gasteiger partial charge on any atom is 0.337 e. The van der Waals surface area contributed by atoms with E-state index in [4.69, 9.17) is 4.74 Å². The molecule has 1 heterocycles. The van der Waals surface area contributed by atoms with Crippen LogP contribution in [0.1, 0.15) is 21.5 Å². The lowest BCUT2D eigenvalue weighted by atomic mass is 10.1. The van der Waals surface area contributed by atoms with Gasteiger partial charge in [0.05, 0.1) is 32.4 Å². The molecule has 0 N–H and O–H groups in total. The Bertz CT molecular complexity index is 838. The van der Waals surface area contributed by atoms with Crippen molar-refractivity contribution >= 4 is 12.0 Å². The van der Waals surface area contributed by atoms with E-state index in [0.717, 1.165) is 11.6 Å². The van der Waals surface area contributed by atoms with Crippen molar-refractivity contribution in [3.05, 3.63) is 71.0 Å². The van der Waals surface area contributed by atoms with Crippen LogP contribution < -0.4 is 0 Å². The molecule has 2 aromatic rings. The van der Waals surface area contributed by atoms with E-state index in [1.54, 1.807) is 9.80 Å². The molecule has 154 valence electrons. The summed E-state index contributed by atoms with van der Waals surface area (Å²) in [4.78, 5) is 28.0. The third-order valence-corrected chi connectivity index (χ3v) is 4.90. The Balaban J connectivity index is 1.76. The topological polar surface area (TPSA) is 59.1 Å². The summed E-state index contributed by atoms with van der Waals surface area (Å²) in [5.74, 6) is -1.13. The molecule has 0 radical (unpaired) electrons. The number of morpholine rings is 1. The molecule has 2 aromatic carbocycles. The largest absolute Gasteiger partial charge is 0.465 e. The van der Waals surface area contributed by atoms with Crippen LogP contribution in [0.4, 0.5) is 9.18 Å². The summed E-state index contributed by atoms with van der Waals surface area (Å²) in [7, 11) is 1.25. The molecule has 2 amide bonds. The zero-order valence-electron chi connectivity index (χ0n) is 16.5. The molecular formula is C22H25FN2O4. The molecule has 1 fully saturated rings. The second-order valence-corrected chi connectivity index (χ2v) is 6.84. The molecular weight excluding hydrogens is 375 g/mol. The number of carbonyl (C=O) groups is 2. The molecule has 3 rings (SSSR count). The number of amides is 2. The molecule has 7 heteroatoms. The molecule has 1 saturated heterocycles. The second kappa shape index (κ2) is 10.0. The van der Waals surface area contributed by atoms with E-state index in [2.05, 4.69) is 4.74 Å². The predicted molar refractivity (Wildman–Crippen MR) is 106 cm³/mol. The third-order valence-electron chi connectivity index (χ3n) is 4.90. The average Bonchev–Trinajstić information content (AvgIpc) is 2.77. The highest BCUT2D eigenvalue weighted by Gasteiger charge is 2.24. The van der Waals surface area contributed by atoms with Gasteiger partial charge in [0.25, 0.3) is 0 Å². The summed E-state index contributed by atoms with van der Waals surface area (Å²) in [5, 5.41) is 0. The van der Waals surface area contributed by atoms with Crippen molar-refractivity contribution < 1.29 is 23.5 Å². The minimum absolute atomic E-state index is 0.121. The number of ether oxygens (including phenoxy) is 2. The summed E-state index contributed by atoms with van der Waals surface area (Å²) in [6.45, 7) is 2.62. The number of halogens is 1. The molecule has 0 bridgehead atoms. The van der Waals surface area contributed by atoms with E-state index in [1.165, 1.54) is 19.2 Å². The fourth-order valence-corrected chi connectivity index (χ4v) is 3.23. The van der Waals surface area contributed by atoms with Crippen molar-refractivity contribution in [3.8, 4) is 0 Å². The lowest BCUT2D eigenvalue weighted by Crippen LogP contribution is -2.48. The lowest BCUT2D eigenvalue weighted by molar-refractivity contribution is 0.0426. The molecule has 0 aliphatic carbocycles. The van der Waals surface area contributed by atoms with Crippen LogP contribution in [0.15, 0.2) is 48.5 Å². The summed E-state index contributed by atoms with van der Waals surface area (Å²) < 4.78 is 24.6. The summed E-state index contributed by atoms with van der Waals surface area (Å²) in [5.41, 5.74) is 1.60.